The predicted molar refractivity (Wildman–Crippen MR) is 64.4 cm³/mol. The van der Waals surface area contributed by atoms with Crippen molar-refractivity contribution >= 4 is 18.0 Å². The van der Waals surface area contributed by atoms with Crippen LogP contribution in [0.2, 0.25) is 0 Å². The highest BCUT2D eigenvalue weighted by molar-refractivity contribution is 8.02. The van der Waals surface area contributed by atoms with Crippen molar-refractivity contribution in [2.45, 2.75) is 33.1 Å². The standard InChI is InChI=1S/C11H19NS/c1-5-8-10(12-9-6-2)11(7-3)13-4/h6,9H,2,5,7-8H2,1,3-4H3/b11-10-,12-9+. The quantitative estimate of drug-likeness (QED) is 0.586. The molecule has 0 aromatic rings. The molecule has 13 heavy (non-hydrogen) atoms. The van der Waals surface area contributed by atoms with Gasteiger partial charge in [0.1, 0.15) is 0 Å². The highest BCUT2D eigenvalue weighted by atomic mass is 32.2. The number of hydrogen-bond donors (Lipinski definition) is 0. The fourth-order valence-corrected chi connectivity index (χ4v) is 1.80. The molecule has 0 saturated heterocycles. The largest absolute Gasteiger partial charge is 0.261 e. The van der Waals surface area contributed by atoms with Gasteiger partial charge >= 0.3 is 0 Å². The van der Waals surface area contributed by atoms with E-state index in [1.54, 1.807) is 24.1 Å². The van der Waals surface area contributed by atoms with Crippen LogP contribution in [-0.4, -0.2) is 12.5 Å². The Bertz CT molecular complexity index is 198. The van der Waals surface area contributed by atoms with Crippen LogP contribution in [0.5, 0.6) is 0 Å². The maximum Gasteiger partial charge on any atom is 0.0498 e. The SMILES string of the molecule is C=C/C=N/C(CCC)=C(/CC)SC. The van der Waals surface area contributed by atoms with E-state index in [4.69, 9.17) is 0 Å². The van der Waals surface area contributed by atoms with Gasteiger partial charge in [0.05, 0.1) is 0 Å². The van der Waals surface area contributed by atoms with Gasteiger partial charge in [-0.3, -0.25) is 4.99 Å². The fourth-order valence-electron chi connectivity index (χ4n) is 1.12. The number of aliphatic imine (C=N–C) groups is 1. The van der Waals surface area contributed by atoms with Gasteiger partial charge in [0, 0.05) is 16.8 Å². The number of rotatable bonds is 6. The average Bonchev–Trinajstić information content (AvgIpc) is 2.16. The minimum atomic E-state index is 1.06. The molecule has 0 aliphatic carbocycles. The van der Waals surface area contributed by atoms with E-state index in [-0.39, 0.29) is 0 Å². The predicted octanol–water partition coefficient (Wildman–Crippen LogP) is 4.03. The van der Waals surface area contributed by atoms with Gasteiger partial charge in [-0.25, -0.2) is 0 Å². The molecule has 0 saturated carbocycles. The Labute approximate surface area is 86.0 Å². The zero-order valence-corrected chi connectivity index (χ0v) is 9.66. The van der Waals surface area contributed by atoms with Gasteiger partial charge in [0.25, 0.3) is 0 Å². The summed E-state index contributed by atoms with van der Waals surface area (Å²) in [5, 5.41) is 0. The molecule has 0 radical (unpaired) electrons. The third-order valence-corrected chi connectivity index (χ3v) is 2.73. The molecule has 0 spiro atoms. The summed E-state index contributed by atoms with van der Waals surface area (Å²) in [5.74, 6) is 0. The van der Waals surface area contributed by atoms with Crippen LogP contribution in [-0.2, 0) is 0 Å². The summed E-state index contributed by atoms with van der Waals surface area (Å²) >= 11 is 1.80. The lowest BCUT2D eigenvalue weighted by molar-refractivity contribution is 0.881. The molecular weight excluding hydrogens is 178 g/mol. The van der Waals surface area contributed by atoms with Crippen molar-refractivity contribution in [3.63, 3.8) is 0 Å². The molecule has 0 aliphatic heterocycles. The third kappa shape index (κ3) is 4.94. The van der Waals surface area contributed by atoms with Crippen molar-refractivity contribution in [1.29, 1.82) is 0 Å². The van der Waals surface area contributed by atoms with E-state index >= 15 is 0 Å². The summed E-state index contributed by atoms with van der Waals surface area (Å²) in [6.07, 6.45) is 8.89. The zero-order chi connectivity index (χ0) is 10.1. The van der Waals surface area contributed by atoms with Crippen LogP contribution in [0.25, 0.3) is 0 Å². The van der Waals surface area contributed by atoms with E-state index < -0.39 is 0 Å². The highest BCUT2D eigenvalue weighted by Crippen LogP contribution is 2.24. The van der Waals surface area contributed by atoms with Gasteiger partial charge in [-0.05, 0) is 19.1 Å². The van der Waals surface area contributed by atoms with Crippen molar-refractivity contribution in [3.8, 4) is 0 Å². The molecular formula is C11H19NS. The van der Waals surface area contributed by atoms with Crippen molar-refractivity contribution in [2.75, 3.05) is 6.26 Å². The van der Waals surface area contributed by atoms with Crippen LogP contribution in [0.15, 0.2) is 28.2 Å². The molecule has 1 nitrogen and oxygen atoms in total. The smallest absolute Gasteiger partial charge is 0.0498 e. The first-order valence-electron chi connectivity index (χ1n) is 4.71. The summed E-state index contributed by atoms with van der Waals surface area (Å²) in [6, 6.07) is 0. The number of thioether (sulfide) groups is 1. The first-order valence-corrected chi connectivity index (χ1v) is 5.93. The van der Waals surface area contributed by atoms with Gasteiger partial charge in [-0.2, -0.15) is 0 Å². The number of hydrogen-bond acceptors (Lipinski definition) is 2. The molecule has 2 heteroatoms. The molecule has 0 amide bonds. The maximum atomic E-state index is 4.39. The van der Waals surface area contributed by atoms with Crippen molar-refractivity contribution in [2.24, 2.45) is 4.99 Å². The van der Waals surface area contributed by atoms with Crippen molar-refractivity contribution < 1.29 is 0 Å². The second-order valence-electron chi connectivity index (χ2n) is 2.69. The van der Waals surface area contributed by atoms with Gasteiger partial charge in [-0.15, -0.1) is 11.8 Å². The van der Waals surface area contributed by atoms with E-state index in [2.05, 4.69) is 31.7 Å². The summed E-state index contributed by atoms with van der Waals surface area (Å²) in [7, 11) is 0. The Morgan fingerprint density at radius 2 is 2.15 bits per heavy atom. The second kappa shape index (κ2) is 8.11. The molecule has 0 aromatic carbocycles. The minimum Gasteiger partial charge on any atom is -0.261 e. The Kier molecular flexibility index (Phi) is 7.80. The fraction of sp³-hybridized carbons (Fsp3) is 0.545. The lowest BCUT2D eigenvalue weighted by atomic mass is 10.2. The van der Waals surface area contributed by atoms with Crippen LogP contribution in [0.3, 0.4) is 0 Å². The van der Waals surface area contributed by atoms with Gasteiger partial charge in [0.15, 0.2) is 0 Å². The van der Waals surface area contributed by atoms with Crippen LogP contribution < -0.4 is 0 Å². The molecule has 74 valence electrons. The normalized spacial score (nSPS) is 13.2. The van der Waals surface area contributed by atoms with Crippen LogP contribution >= 0.6 is 11.8 Å². The lowest BCUT2D eigenvalue weighted by Gasteiger charge is -2.06. The average molecular weight is 197 g/mol. The van der Waals surface area contributed by atoms with E-state index in [0.717, 1.165) is 19.3 Å². The maximum absolute atomic E-state index is 4.39. The van der Waals surface area contributed by atoms with E-state index in [9.17, 15) is 0 Å². The summed E-state index contributed by atoms with van der Waals surface area (Å²) < 4.78 is 0. The third-order valence-electron chi connectivity index (χ3n) is 1.71. The molecule has 0 rings (SSSR count). The first-order chi connectivity index (χ1) is 6.29. The van der Waals surface area contributed by atoms with E-state index in [1.807, 2.05) is 0 Å². The number of allylic oxidation sites excluding steroid dienone is 3. The summed E-state index contributed by atoms with van der Waals surface area (Å²) in [6.45, 7) is 7.97. The van der Waals surface area contributed by atoms with E-state index in [1.165, 1.54) is 10.6 Å². The summed E-state index contributed by atoms with van der Waals surface area (Å²) in [5.41, 5.74) is 1.22. The van der Waals surface area contributed by atoms with Gasteiger partial charge in [0.2, 0.25) is 0 Å². The topological polar surface area (TPSA) is 12.4 Å². The van der Waals surface area contributed by atoms with Crippen LogP contribution in [0.4, 0.5) is 0 Å². The first kappa shape index (κ1) is 12.5. The second-order valence-corrected chi connectivity index (χ2v) is 3.59. The monoisotopic (exact) mass is 197 g/mol. The molecule has 0 heterocycles. The molecule has 0 unspecified atom stereocenters. The minimum absolute atomic E-state index is 1.06. The Balaban J connectivity index is 4.61. The molecule has 0 fully saturated rings. The molecule has 0 N–H and O–H groups in total. The van der Waals surface area contributed by atoms with Crippen molar-refractivity contribution in [1.82, 2.24) is 0 Å². The summed E-state index contributed by atoms with van der Waals surface area (Å²) in [4.78, 5) is 5.78. The lowest BCUT2D eigenvalue weighted by Crippen LogP contribution is -1.85. The Morgan fingerprint density at radius 3 is 2.54 bits per heavy atom. The molecule has 0 atom stereocenters. The highest BCUT2D eigenvalue weighted by Gasteiger charge is 2.00. The number of nitrogens with zero attached hydrogens (tertiary/aromatic N) is 1. The molecule has 0 aromatic heterocycles. The van der Waals surface area contributed by atoms with Crippen LogP contribution in [0, 0.1) is 0 Å². The van der Waals surface area contributed by atoms with Gasteiger partial charge < -0.3 is 0 Å². The van der Waals surface area contributed by atoms with Crippen LogP contribution in [0.1, 0.15) is 33.1 Å². The Hall–Kier alpha value is -0.500. The molecule has 0 aliphatic rings. The Morgan fingerprint density at radius 1 is 1.46 bits per heavy atom. The van der Waals surface area contributed by atoms with E-state index in [0.29, 0.717) is 0 Å². The molecule has 0 bridgehead atoms. The zero-order valence-electron chi connectivity index (χ0n) is 8.84. The van der Waals surface area contributed by atoms with Gasteiger partial charge in [-0.1, -0.05) is 32.9 Å². The van der Waals surface area contributed by atoms with Crippen molar-refractivity contribution in [3.05, 3.63) is 23.3 Å².